The summed E-state index contributed by atoms with van der Waals surface area (Å²) in [5.74, 6) is -0.428. The molecule has 1 N–H and O–H groups in total. The maximum absolute atomic E-state index is 13.1. The largest absolute Gasteiger partial charge is 0.409 e. The summed E-state index contributed by atoms with van der Waals surface area (Å²) in [5.41, 5.74) is 2.48. The van der Waals surface area contributed by atoms with E-state index in [-0.39, 0.29) is 24.1 Å². The van der Waals surface area contributed by atoms with Crippen LogP contribution >= 0.6 is 0 Å². The van der Waals surface area contributed by atoms with Gasteiger partial charge in [0.25, 0.3) is 0 Å². The molecule has 100 valence electrons. The van der Waals surface area contributed by atoms with Crippen LogP contribution in [0.5, 0.6) is 0 Å². The van der Waals surface area contributed by atoms with E-state index >= 15 is 0 Å². The van der Waals surface area contributed by atoms with E-state index in [1.807, 2.05) is 6.07 Å². The SMILES string of the molecule is N#Cc1ccc([C@H](N2CCC(=O)N2)C(F)(F)F)cc1. The molecule has 1 aliphatic heterocycles. The summed E-state index contributed by atoms with van der Waals surface area (Å²) in [7, 11) is 0. The summed E-state index contributed by atoms with van der Waals surface area (Å²) in [6.07, 6.45) is -4.46. The Hall–Kier alpha value is -2.07. The number of hydrogen-bond donors (Lipinski definition) is 1. The van der Waals surface area contributed by atoms with Gasteiger partial charge in [-0.25, -0.2) is 5.01 Å². The molecule has 2 rings (SSSR count). The number of hydrogen-bond acceptors (Lipinski definition) is 3. The second kappa shape index (κ2) is 4.90. The zero-order valence-corrected chi connectivity index (χ0v) is 9.74. The molecule has 0 radical (unpaired) electrons. The number of nitriles is 1. The molecule has 1 amide bonds. The van der Waals surface area contributed by atoms with Gasteiger partial charge in [-0.1, -0.05) is 12.1 Å². The van der Waals surface area contributed by atoms with Gasteiger partial charge in [0.05, 0.1) is 11.6 Å². The lowest BCUT2D eigenvalue weighted by Gasteiger charge is -2.29. The number of amides is 1. The topological polar surface area (TPSA) is 56.1 Å². The van der Waals surface area contributed by atoms with Gasteiger partial charge < -0.3 is 0 Å². The first-order chi connectivity index (χ1) is 8.91. The maximum atomic E-state index is 13.1. The monoisotopic (exact) mass is 269 g/mol. The van der Waals surface area contributed by atoms with Crippen LogP contribution < -0.4 is 5.43 Å². The summed E-state index contributed by atoms with van der Waals surface area (Å²) in [4.78, 5) is 11.1. The number of hydrazine groups is 1. The average Bonchev–Trinajstić information content (AvgIpc) is 2.75. The Bertz CT molecular complexity index is 519. The second-order valence-electron chi connectivity index (χ2n) is 4.16. The van der Waals surface area contributed by atoms with Crippen molar-refractivity contribution in [3.05, 3.63) is 35.4 Å². The van der Waals surface area contributed by atoms with Crippen LogP contribution in [0.3, 0.4) is 0 Å². The minimum Gasteiger partial charge on any atom is -0.288 e. The molecule has 19 heavy (non-hydrogen) atoms. The Morgan fingerprint density at radius 2 is 1.95 bits per heavy atom. The summed E-state index contributed by atoms with van der Waals surface area (Å²) >= 11 is 0. The van der Waals surface area contributed by atoms with Crippen molar-refractivity contribution in [3.8, 4) is 6.07 Å². The quantitative estimate of drug-likeness (QED) is 0.892. The normalized spacial score (nSPS) is 17.9. The van der Waals surface area contributed by atoms with E-state index in [1.54, 1.807) is 0 Å². The molecule has 1 saturated heterocycles. The van der Waals surface area contributed by atoms with Gasteiger partial charge in [-0.3, -0.25) is 10.2 Å². The van der Waals surface area contributed by atoms with E-state index < -0.39 is 18.1 Å². The lowest BCUT2D eigenvalue weighted by Crippen LogP contribution is -2.43. The zero-order valence-electron chi connectivity index (χ0n) is 9.74. The highest BCUT2D eigenvalue weighted by Gasteiger charge is 2.46. The zero-order chi connectivity index (χ0) is 14.0. The number of nitrogens with one attached hydrogen (secondary N) is 1. The van der Waals surface area contributed by atoms with Crippen LogP contribution in [-0.4, -0.2) is 23.6 Å². The standard InChI is InChI=1S/C12H10F3N3O/c13-12(14,15)11(18-6-5-10(19)17-18)9-3-1-8(7-16)2-4-9/h1-4,11H,5-6H2,(H,17,19)/t11-/m0/s1. The number of carbonyl (C=O) groups excluding carboxylic acids is 1. The summed E-state index contributed by atoms with van der Waals surface area (Å²) < 4.78 is 39.3. The average molecular weight is 269 g/mol. The first-order valence-corrected chi connectivity index (χ1v) is 5.54. The molecule has 1 aliphatic rings. The Morgan fingerprint density at radius 1 is 1.32 bits per heavy atom. The smallest absolute Gasteiger partial charge is 0.288 e. The maximum Gasteiger partial charge on any atom is 0.409 e. The van der Waals surface area contributed by atoms with Crippen molar-refractivity contribution in [2.75, 3.05) is 6.54 Å². The van der Waals surface area contributed by atoms with Crippen molar-refractivity contribution in [3.63, 3.8) is 0 Å². The Balaban J connectivity index is 2.32. The Morgan fingerprint density at radius 3 is 2.37 bits per heavy atom. The van der Waals surface area contributed by atoms with Gasteiger partial charge in [0.15, 0.2) is 0 Å². The molecular formula is C12H10F3N3O. The summed E-state index contributed by atoms with van der Waals surface area (Å²) in [5, 5.41) is 9.51. The predicted octanol–water partition coefficient (Wildman–Crippen LogP) is 1.90. The number of alkyl halides is 3. The molecule has 1 aromatic rings. The van der Waals surface area contributed by atoms with Crippen LogP contribution in [0.1, 0.15) is 23.6 Å². The van der Waals surface area contributed by atoms with Gasteiger partial charge in [0.1, 0.15) is 6.04 Å². The van der Waals surface area contributed by atoms with E-state index in [9.17, 15) is 18.0 Å². The highest BCUT2D eigenvalue weighted by molar-refractivity contribution is 5.77. The van der Waals surface area contributed by atoms with E-state index in [0.717, 1.165) is 5.01 Å². The van der Waals surface area contributed by atoms with Crippen molar-refractivity contribution in [1.82, 2.24) is 10.4 Å². The lowest BCUT2D eigenvalue weighted by molar-refractivity contribution is -0.191. The summed E-state index contributed by atoms with van der Waals surface area (Å²) in [6, 6.07) is 5.10. The van der Waals surface area contributed by atoms with E-state index in [1.165, 1.54) is 24.3 Å². The molecular weight excluding hydrogens is 259 g/mol. The molecule has 0 saturated carbocycles. The van der Waals surface area contributed by atoms with Crippen molar-refractivity contribution in [2.45, 2.75) is 18.6 Å². The second-order valence-corrected chi connectivity index (χ2v) is 4.16. The highest BCUT2D eigenvalue weighted by Crippen LogP contribution is 2.37. The Kier molecular flexibility index (Phi) is 3.44. The molecule has 1 aromatic carbocycles. The number of nitrogens with zero attached hydrogens (tertiary/aromatic N) is 2. The molecule has 0 unspecified atom stereocenters. The minimum atomic E-state index is -4.51. The van der Waals surface area contributed by atoms with Crippen LogP contribution in [0.4, 0.5) is 13.2 Å². The van der Waals surface area contributed by atoms with Gasteiger partial charge in [-0.15, -0.1) is 0 Å². The fourth-order valence-electron chi connectivity index (χ4n) is 1.97. The molecule has 4 nitrogen and oxygen atoms in total. The van der Waals surface area contributed by atoms with Gasteiger partial charge in [-0.05, 0) is 17.7 Å². The Labute approximate surface area is 107 Å². The molecule has 7 heteroatoms. The van der Waals surface area contributed by atoms with Crippen molar-refractivity contribution in [1.29, 1.82) is 5.26 Å². The highest BCUT2D eigenvalue weighted by atomic mass is 19.4. The van der Waals surface area contributed by atoms with Gasteiger partial charge in [0, 0.05) is 13.0 Å². The number of benzene rings is 1. The molecule has 0 bridgehead atoms. The predicted molar refractivity (Wildman–Crippen MR) is 59.4 cm³/mol. The third-order valence-electron chi connectivity index (χ3n) is 2.83. The van der Waals surface area contributed by atoms with Gasteiger partial charge in [0.2, 0.25) is 5.91 Å². The minimum absolute atomic E-state index is 0.00299. The number of carbonyl (C=O) groups is 1. The van der Waals surface area contributed by atoms with Crippen LogP contribution in [-0.2, 0) is 4.79 Å². The number of rotatable bonds is 2. The molecule has 1 atom stereocenters. The van der Waals surface area contributed by atoms with Crippen LogP contribution in [0.15, 0.2) is 24.3 Å². The van der Waals surface area contributed by atoms with E-state index in [4.69, 9.17) is 5.26 Å². The molecule has 0 aliphatic carbocycles. The number of halogens is 3. The van der Waals surface area contributed by atoms with Crippen molar-refractivity contribution in [2.24, 2.45) is 0 Å². The molecule has 1 fully saturated rings. The van der Waals surface area contributed by atoms with E-state index in [2.05, 4.69) is 5.43 Å². The molecule has 0 aromatic heterocycles. The molecule has 1 heterocycles. The first-order valence-electron chi connectivity index (χ1n) is 5.54. The van der Waals surface area contributed by atoms with Gasteiger partial charge in [-0.2, -0.15) is 18.4 Å². The fraction of sp³-hybridized carbons (Fsp3) is 0.333. The third kappa shape index (κ3) is 2.85. The van der Waals surface area contributed by atoms with Crippen LogP contribution in [0.2, 0.25) is 0 Å². The third-order valence-corrected chi connectivity index (χ3v) is 2.83. The van der Waals surface area contributed by atoms with E-state index in [0.29, 0.717) is 0 Å². The van der Waals surface area contributed by atoms with Crippen LogP contribution in [0, 0.1) is 11.3 Å². The first kappa shape index (κ1) is 13.4. The van der Waals surface area contributed by atoms with Crippen molar-refractivity contribution >= 4 is 5.91 Å². The summed E-state index contributed by atoms with van der Waals surface area (Å²) in [6.45, 7) is 0.00299. The van der Waals surface area contributed by atoms with Crippen molar-refractivity contribution < 1.29 is 18.0 Å². The fourth-order valence-corrected chi connectivity index (χ4v) is 1.97. The molecule has 0 spiro atoms. The van der Waals surface area contributed by atoms with Crippen LogP contribution in [0.25, 0.3) is 0 Å². The lowest BCUT2D eigenvalue weighted by atomic mass is 10.0. The van der Waals surface area contributed by atoms with Gasteiger partial charge >= 0.3 is 6.18 Å².